The highest BCUT2D eigenvalue weighted by molar-refractivity contribution is 7.92. The van der Waals surface area contributed by atoms with Gasteiger partial charge in [0, 0.05) is 0 Å². The maximum atomic E-state index is 13.1. The van der Waals surface area contributed by atoms with Crippen molar-refractivity contribution < 1.29 is 12.8 Å². The molecule has 0 aliphatic rings. The third kappa shape index (κ3) is 3.05. The number of rotatable bonds is 3. The minimum Gasteiger partial charge on any atom is -0.279 e. The average Bonchev–Trinajstić information content (AvgIpc) is 2.34. The molecule has 1 N–H and O–H groups in total. The van der Waals surface area contributed by atoms with Crippen LogP contribution in [0.2, 0.25) is 5.02 Å². The molecule has 0 radical (unpaired) electrons. The molecule has 0 saturated carbocycles. The van der Waals surface area contributed by atoms with Gasteiger partial charge in [-0.05, 0) is 36.8 Å². The second-order valence-electron chi connectivity index (χ2n) is 4.00. The summed E-state index contributed by atoms with van der Waals surface area (Å²) in [6.45, 7) is 1.68. The van der Waals surface area contributed by atoms with Crippen LogP contribution < -0.4 is 4.72 Å². The van der Waals surface area contributed by atoms with Crippen LogP contribution in [0.3, 0.4) is 0 Å². The van der Waals surface area contributed by atoms with Crippen molar-refractivity contribution >= 4 is 27.3 Å². The van der Waals surface area contributed by atoms with Crippen LogP contribution in [0.5, 0.6) is 0 Å². The van der Waals surface area contributed by atoms with Gasteiger partial charge in [-0.15, -0.1) is 0 Å². The van der Waals surface area contributed by atoms with Crippen molar-refractivity contribution in [3.63, 3.8) is 0 Å². The maximum absolute atomic E-state index is 13.1. The fraction of sp³-hybridized carbons (Fsp3) is 0.0769. The molecule has 0 saturated heterocycles. The van der Waals surface area contributed by atoms with Crippen LogP contribution in [-0.4, -0.2) is 8.42 Å². The molecular weight excluding hydrogens is 289 g/mol. The van der Waals surface area contributed by atoms with E-state index in [0.29, 0.717) is 5.56 Å². The van der Waals surface area contributed by atoms with Gasteiger partial charge < -0.3 is 0 Å². The highest BCUT2D eigenvalue weighted by Crippen LogP contribution is 2.25. The second kappa shape index (κ2) is 5.19. The summed E-state index contributed by atoms with van der Waals surface area (Å²) in [5, 5.41) is 0.115. The van der Waals surface area contributed by atoms with Crippen molar-refractivity contribution in [3.8, 4) is 0 Å². The van der Waals surface area contributed by atoms with Gasteiger partial charge in [0.25, 0.3) is 10.0 Å². The third-order valence-electron chi connectivity index (χ3n) is 2.57. The van der Waals surface area contributed by atoms with E-state index in [0.717, 1.165) is 6.07 Å². The van der Waals surface area contributed by atoms with Crippen molar-refractivity contribution in [3.05, 3.63) is 58.9 Å². The number of hydrogen-bond acceptors (Lipinski definition) is 2. The van der Waals surface area contributed by atoms with Gasteiger partial charge in [-0.2, -0.15) is 0 Å². The molecule has 6 heteroatoms. The molecule has 19 heavy (non-hydrogen) atoms. The van der Waals surface area contributed by atoms with E-state index < -0.39 is 15.8 Å². The lowest BCUT2D eigenvalue weighted by Crippen LogP contribution is -2.14. The molecule has 2 aromatic carbocycles. The quantitative estimate of drug-likeness (QED) is 0.941. The Morgan fingerprint density at radius 1 is 1.16 bits per heavy atom. The molecule has 0 unspecified atom stereocenters. The van der Waals surface area contributed by atoms with E-state index in [-0.39, 0.29) is 15.6 Å². The number of hydrogen-bond donors (Lipinski definition) is 1. The summed E-state index contributed by atoms with van der Waals surface area (Å²) in [6, 6.07) is 9.97. The first-order valence-corrected chi connectivity index (χ1v) is 7.30. The van der Waals surface area contributed by atoms with Crippen LogP contribution >= 0.6 is 11.6 Å². The molecule has 0 heterocycles. The molecule has 100 valence electrons. The lowest BCUT2D eigenvalue weighted by Gasteiger charge is -2.11. The number of sulfonamides is 1. The first-order valence-electron chi connectivity index (χ1n) is 5.43. The van der Waals surface area contributed by atoms with E-state index in [1.165, 1.54) is 24.3 Å². The number of aryl methyl sites for hydroxylation is 1. The fourth-order valence-corrected chi connectivity index (χ4v) is 3.21. The zero-order chi connectivity index (χ0) is 14.0. The number of halogens is 2. The van der Waals surface area contributed by atoms with Crippen molar-refractivity contribution in [2.75, 3.05) is 4.72 Å². The largest absolute Gasteiger partial charge is 0.279 e. The van der Waals surface area contributed by atoms with Gasteiger partial charge in [0.2, 0.25) is 0 Å². The topological polar surface area (TPSA) is 46.2 Å². The van der Waals surface area contributed by atoms with Gasteiger partial charge in [-0.1, -0.05) is 29.8 Å². The highest BCUT2D eigenvalue weighted by Gasteiger charge is 2.18. The van der Waals surface area contributed by atoms with E-state index >= 15 is 0 Å². The smallest absolute Gasteiger partial charge is 0.263 e. The molecule has 0 fully saturated rings. The molecule has 0 atom stereocenters. The van der Waals surface area contributed by atoms with Crippen molar-refractivity contribution in [2.45, 2.75) is 11.8 Å². The molecule has 0 aromatic heterocycles. The Bertz CT molecular complexity index is 716. The average molecular weight is 300 g/mol. The Hall–Kier alpha value is -1.59. The van der Waals surface area contributed by atoms with Crippen LogP contribution in [0.1, 0.15) is 5.56 Å². The molecule has 0 amide bonds. The Kier molecular flexibility index (Phi) is 3.78. The lowest BCUT2D eigenvalue weighted by atomic mass is 10.2. The fourth-order valence-electron chi connectivity index (χ4n) is 1.57. The van der Waals surface area contributed by atoms with E-state index in [1.54, 1.807) is 19.1 Å². The van der Waals surface area contributed by atoms with E-state index in [2.05, 4.69) is 4.72 Å². The summed E-state index contributed by atoms with van der Waals surface area (Å²) in [5.74, 6) is -0.512. The molecule has 2 aromatic rings. The zero-order valence-electron chi connectivity index (χ0n) is 10.0. The van der Waals surface area contributed by atoms with Gasteiger partial charge in [0.05, 0.1) is 10.7 Å². The Labute approximate surface area is 116 Å². The zero-order valence-corrected chi connectivity index (χ0v) is 11.6. The van der Waals surface area contributed by atoms with E-state index in [1.807, 2.05) is 0 Å². The number of nitrogens with one attached hydrogen (secondary N) is 1. The van der Waals surface area contributed by atoms with Crippen LogP contribution in [0.15, 0.2) is 47.4 Å². The van der Waals surface area contributed by atoms with Gasteiger partial charge in [0.1, 0.15) is 10.7 Å². The molecule has 2 rings (SSSR count). The maximum Gasteiger partial charge on any atom is 0.263 e. The lowest BCUT2D eigenvalue weighted by molar-refractivity contribution is 0.601. The summed E-state index contributed by atoms with van der Waals surface area (Å²) in [6.07, 6.45) is 0. The monoisotopic (exact) mass is 299 g/mol. The van der Waals surface area contributed by atoms with Crippen LogP contribution in [0, 0.1) is 12.7 Å². The normalized spacial score (nSPS) is 11.3. The van der Waals surface area contributed by atoms with Gasteiger partial charge in [-0.25, -0.2) is 12.8 Å². The van der Waals surface area contributed by atoms with Gasteiger partial charge >= 0.3 is 0 Å². The van der Waals surface area contributed by atoms with E-state index in [4.69, 9.17) is 11.6 Å². The Morgan fingerprint density at radius 3 is 2.53 bits per heavy atom. The predicted octanol–water partition coefficient (Wildman–Crippen LogP) is 3.59. The molecule has 0 bridgehead atoms. The summed E-state index contributed by atoms with van der Waals surface area (Å²) >= 11 is 5.85. The highest BCUT2D eigenvalue weighted by atomic mass is 35.5. The van der Waals surface area contributed by atoms with Crippen LogP contribution in [0.25, 0.3) is 0 Å². The van der Waals surface area contributed by atoms with Gasteiger partial charge in [-0.3, -0.25) is 4.72 Å². The summed E-state index contributed by atoms with van der Waals surface area (Å²) in [4.78, 5) is -0.0414. The van der Waals surface area contributed by atoms with Gasteiger partial charge in [0.15, 0.2) is 0 Å². The molecular formula is C13H11ClFNO2S. The summed E-state index contributed by atoms with van der Waals surface area (Å²) in [5.41, 5.74) is 0.817. The predicted molar refractivity (Wildman–Crippen MR) is 73.4 cm³/mol. The number of benzene rings is 2. The van der Waals surface area contributed by atoms with E-state index in [9.17, 15) is 12.8 Å². The molecule has 0 spiro atoms. The SMILES string of the molecule is Cc1ccc(F)cc1NS(=O)(=O)c1ccccc1Cl. The van der Waals surface area contributed by atoms with Crippen LogP contribution in [0.4, 0.5) is 10.1 Å². The summed E-state index contributed by atoms with van der Waals surface area (Å²) in [7, 11) is -3.83. The Morgan fingerprint density at radius 2 is 1.84 bits per heavy atom. The van der Waals surface area contributed by atoms with Crippen molar-refractivity contribution in [2.24, 2.45) is 0 Å². The first-order chi connectivity index (χ1) is 8.90. The molecule has 0 aliphatic heterocycles. The minimum absolute atomic E-state index is 0.0414. The minimum atomic E-state index is -3.83. The standard InChI is InChI=1S/C13H11ClFNO2S/c1-9-6-7-10(15)8-12(9)16-19(17,18)13-5-3-2-4-11(13)14/h2-8,16H,1H3. The molecule has 3 nitrogen and oxygen atoms in total. The number of anilines is 1. The molecule has 0 aliphatic carbocycles. The van der Waals surface area contributed by atoms with Crippen molar-refractivity contribution in [1.82, 2.24) is 0 Å². The van der Waals surface area contributed by atoms with Crippen LogP contribution in [-0.2, 0) is 10.0 Å². The third-order valence-corrected chi connectivity index (χ3v) is 4.44. The Balaban J connectivity index is 2.43. The van der Waals surface area contributed by atoms with Crippen molar-refractivity contribution in [1.29, 1.82) is 0 Å². The second-order valence-corrected chi connectivity index (χ2v) is 6.05. The summed E-state index contributed by atoms with van der Waals surface area (Å²) < 4.78 is 39.8. The first kappa shape index (κ1) is 13.8.